The lowest BCUT2D eigenvalue weighted by Gasteiger charge is -2.22. The maximum Gasteiger partial charge on any atom is 0.321 e. The third kappa shape index (κ3) is 4.86. The number of anilines is 1. The fraction of sp³-hybridized carbons (Fsp3) is 0.222. The average molecular weight is 488 g/mol. The van der Waals surface area contributed by atoms with Crippen molar-refractivity contribution in [2.75, 3.05) is 31.5 Å². The van der Waals surface area contributed by atoms with Crippen molar-refractivity contribution in [2.24, 2.45) is 0 Å². The molecule has 1 fully saturated rings. The monoisotopic (exact) mass is 487 g/mol. The molecule has 8 heteroatoms. The maximum absolute atomic E-state index is 13.3. The van der Waals surface area contributed by atoms with Gasteiger partial charge in [-0.3, -0.25) is 9.36 Å². The van der Waals surface area contributed by atoms with Gasteiger partial charge in [0.15, 0.2) is 0 Å². The molecule has 3 aromatic carbocycles. The number of para-hydroxylation sites is 1. The van der Waals surface area contributed by atoms with Gasteiger partial charge in [0, 0.05) is 48.1 Å². The summed E-state index contributed by atoms with van der Waals surface area (Å²) in [6.45, 7) is 4.07. The van der Waals surface area contributed by atoms with Gasteiger partial charge in [-0.2, -0.15) is 0 Å². The van der Waals surface area contributed by atoms with Gasteiger partial charge in [0.2, 0.25) is 0 Å². The van der Waals surface area contributed by atoms with Crippen molar-refractivity contribution in [1.29, 1.82) is 0 Å². The number of hydrogen-bond acceptors (Lipinski definition) is 3. The summed E-state index contributed by atoms with van der Waals surface area (Å²) in [5.74, 6) is 0.822. The first-order valence-electron chi connectivity index (χ1n) is 11.6. The third-order valence-electron chi connectivity index (χ3n) is 6.23. The van der Waals surface area contributed by atoms with E-state index in [1.165, 1.54) is 0 Å². The Hall–Kier alpha value is -3.84. The Bertz CT molecular complexity index is 1390. The fourth-order valence-electron chi connectivity index (χ4n) is 4.51. The summed E-state index contributed by atoms with van der Waals surface area (Å²) in [5.41, 5.74) is 4.04. The molecule has 35 heavy (non-hydrogen) atoms. The lowest BCUT2D eigenvalue weighted by molar-refractivity contribution is 0.0763. The molecule has 3 amide bonds. The zero-order valence-electron chi connectivity index (χ0n) is 19.4. The number of carbonyl (C=O) groups excluding carboxylic acids is 2. The second kappa shape index (κ2) is 9.80. The Morgan fingerprint density at radius 2 is 1.66 bits per heavy atom. The van der Waals surface area contributed by atoms with Gasteiger partial charge in [0.1, 0.15) is 5.82 Å². The Labute approximate surface area is 208 Å². The Morgan fingerprint density at radius 1 is 0.886 bits per heavy atom. The number of nitrogens with one attached hydrogen (secondary N) is 1. The normalized spacial score (nSPS) is 14.1. The highest BCUT2D eigenvalue weighted by molar-refractivity contribution is 6.30. The molecule has 0 saturated carbocycles. The number of hydrogen-bond donors (Lipinski definition) is 1. The van der Waals surface area contributed by atoms with Crippen molar-refractivity contribution >= 4 is 40.3 Å². The first-order chi connectivity index (χ1) is 17.0. The number of carbonyl (C=O) groups is 2. The largest absolute Gasteiger partial charge is 0.337 e. The predicted molar refractivity (Wildman–Crippen MR) is 138 cm³/mol. The van der Waals surface area contributed by atoms with E-state index in [0.717, 1.165) is 22.5 Å². The number of imidazole rings is 1. The second-order valence-electron chi connectivity index (χ2n) is 8.61. The van der Waals surface area contributed by atoms with Crippen molar-refractivity contribution in [3.05, 3.63) is 89.2 Å². The molecule has 0 aliphatic carbocycles. The van der Waals surface area contributed by atoms with Gasteiger partial charge in [-0.15, -0.1) is 0 Å². The fourth-order valence-corrected chi connectivity index (χ4v) is 4.70. The highest BCUT2D eigenvalue weighted by atomic mass is 35.5. The zero-order chi connectivity index (χ0) is 24.4. The van der Waals surface area contributed by atoms with Crippen LogP contribution in [0.2, 0.25) is 5.02 Å². The Balaban J connectivity index is 1.29. The molecule has 0 spiro atoms. The lowest BCUT2D eigenvalue weighted by atomic mass is 10.1. The van der Waals surface area contributed by atoms with Gasteiger partial charge in [0.25, 0.3) is 5.91 Å². The van der Waals surface area contributed by atoms with Crippen molar-refractivity contribution in [1.82, 2.24) is 19.4 Å². The average Bonchev–Trinajstić information content (AvgIpc) is 3.01. The number of fused-ring (bicyclic) bond motifs is 1. The molecule has 2 heterocycles. The van der Waals surface area contributed by atoms with Gasteiger partial charge in [-0.25, -0.2) is 9.78 Å². The van der Waals surface area contributed by atoms with Crippen molar-refractivity contribution in [3.8, 4) is 5.69 Å². The first-order valence-corrected chi connectivity index (χ1v) is 12.0. The molecule has 178 valence electrons. The Kier molecular flexibility index (Phi) is 6.42. The summed E-state index contributed by atoms with van der Waals surface area (Å²) in [4.78, 5) is 34.3. The number of aryl methyl sites for hydroxylation is 1. The van der Waals surface area contributed by atoms with E-state index in [-0.39, 0.29) is 11.9 Å². The first kappa shape index (κ1) is 22.9. The number of halogens is 1. The minimum atomic E-state index is -0.190. The number of nitrogens with zero attached hydrogens (tertiary/aromatic N) is 4. The second-order valence-corrected chi connectivity index (χ2v) is 9.04. The van der Waals surface area contributed by atoms with Crippen LogP contribution in [0.1, 0.15) is 22.6 Å². The maximum atomic E-state index is 13.3. The molecular formula is C27H26ClN5O2. The van der Waals surface area contributed by atoms with E-state index < -0.39 is 0 Å². The quantitative estimate of drug-likeness (QED) is 0.422. The van der Waals surface area contributed by atoms with E-state index in [1.54, 1.807) is 29.2 Å². The van der Waals surface area contributed by atoms with E-state index in [1.807, 2.05) is 60.4 Å². The summed E-state index contributed by atoms with van der Waals surface area (Å²) in [5, 5.41) is 3.45. The van der Waals surface area contributed by atoms with Crippen LogP contribution in [0.25, 0.3) is 16.7 Å². The standard InChI is InChI=1S/C27H26ClN5O2/c1-19-29-24-17-20(11-12-25(24)33(19)23-9-3-2-4-10-23)26(34)31-13-6-14-32(16-15-31)27(35)30-22-8-5-7-21(28)18-22/h2-5,7-12,17-18H,6,13-16H2,1H3,(H,30,35). The third-order valence-corrected chi connectivity index (χ3v) is 6.46. The van der Waals surface area contributed by atoms with Crippen LogP contribution < -0.4 is 5.32 Å². The van der Waals surface area contributed by atoms with Gasteiger partial charge in [0.05, 0.1) is 11.0 Å². The number of urea groups is 1. The molecule has 1 aliphatic heterocycles. The molecular weight excluding hydrogens is 462 g/mol. The number of amides is 3. The number of benzene rings is 3. The molecule has 4 aromatic rings. The highest BCUT2D eigenvalue weighted by Gasteiger charge is 2.23. The van der Waals surface area contributed by atoms with Crippen molar-refractivity contribution in [3.63, 3.8) is 0 Å². The Morgan fingerprint density at radius 3 is 2.46 bits per heavy atom. The minimum absolute atomic E-state index is 0.0455. The topological polar surface area (TPSA) is 70.5 Å². The van der Waals surface area contributed by atoms with Crippen molar-refractivity contribution < 1.29 is 9.59 Å². The lowest BCUT2D eigenvalue weighted by Crippen LogP contribution is -2.39. The molecule has 1 N–H and O–H groups in total. The van der Waals surface area contributed by atoms with E-state index in [9.17, 15) is 9.59 Å². The summed E-state index contributed by atoms with van der Waals surface area (Å²) in [7, 11) is 0. The number of aromatic nitrogens is 2. The van der Waals surface area contributed by atoms with Crippen LogP contribution in [-0.2, 0) is 0 Å². The molecule has 0 unspecified atom stereocenters. The van der Waals surface area contributed by atoms with Crippen LogP contribution in [0, 0.1) is 6.92 Å². The van der Waals surface area contributed by atoms with E-state index >= 15 is 0 Å². The zero-order valence-corrected chi connectivity index (χ0v) is 20.2. The van der Waals surface area contributed by atoms with Crippen molar-refractivity contribution in [2.45, 2.75) is 13.3 Å². The highest BCUT2D eigenvalue weighted by Crippen LogP contribution is 2.23. The molecule has 5 rings (SSSR count). The smallest absolute Gasteiger partial charge is 0.321 e. The van der Waals surface area contributed by atoms with Crippen LogP contribution in [0.4, 0.5) is 10.5 Å². The summed E-state index contributed by atoms with van der Waals surface area (Å²) >= 11 is 6.01. The van der Waals surface area contributed by atoms with Gasteiger partial charge in [-0.05, 0) is 61.9 Å². The van der Waals surface area contributed by atoms with Crippen LogP contribution in [0.3, 0.4) is 0 Å². The van der Waals surface area contributed by atoms with Gasteiger partial charge >= 0.3 is 6.03 Å². The molecule has 0 radical (unpaired) electrons. The number of rotatable bonds is 3. The molecule has 0 atom stereocenters. The summed E-state index contributed by atoms with van der Waals surface area (Å²) < 4.78 is 2.09. The molecule has 1 aromatic heterocycles. The van der Waals surface area contributed by atoms with Crippen LogP contribution in [0.15, 0.2) is 72.8 Å². The van der Waals surface area contributed by atoms with E-state index in [2.05, 4.69) is 9.88 Å². The molecule has 0 bridgehead atoms. The van der Waals surface area contributed by atoms with E-state index in [0.29, 0.717) is 48.9 Å². The predicted octanol–water partition coefficient (Wildman–Crippen LogP) is 5.37. The summed E-state index contributed by atoms with van der Waals surface area (Å²) in [6.07, 6.45) is 0.707. The van der Waals surface area contributed by atoms with Crippen LogP contribution >= 0.6 is 11.6 Å². The molecule has 1 saturated heterocycles. The van der Waals surface area contributed by atoms with E-state index in [4.69, 9.17) is 16.6 Å². The van der Waals surface area contributed by atoms with Crippen LogP contribution in [0.5, 0.6) is 0 Å². The minimum Gasteiger partial charge on any atom is -0.337 e. The van der Waals surface area contributed by atoms with Crippen LogP contribution in [-0.4, -0.2) is 57.5 Å². The molecule has 1 aliphatic rings. The van der Waals surface area contributed by atoms with Gasteiger partial charge in [-0.1, -0.05) is 35.9 Å². The van der Waals surface area contributed by atoms with Gasteiger partial charge < -0.3 is 15.1 Å². The SMILES string of the molecule is Cc1nc2cc(C(=O)N3CCCN(C(=O)Nc4cccc(Cl)c4)CC3)ccc2n1-c1ccccc1. The molecule has 7 nitrogen and oxygen atoms in total. The summed E-state index contributed by atoms with van der Waals surface area (Å²) in [6, 6.07) is 22.6.